The lowest BCUT2D eigenvalue weighted by Crippen LogP contribution is -2.41. The maximum absolute atomic E-state index is 13.0. The van der Waals surface area contributed by atoms with Gasteiger partial charge in [0.15, 0.2) is 12.4 Å². The molecule has 2 fully saturated rings. The Kier molecular flexibility index (Phi) is 6.80. The zero-order chi connectivity index (χ0) is 23.3. The summed E-state index contributed by atoms with van der Waals surface area (Å²) in [5.41, 5.74) is 1.42. The Morgan fingerprint density at radius 2 is 1.97 bits per heavy atom. The summed E-state index contributed by atoms with van der Waals surface area (Å²) in [6.07, 6.45) is 2.78. The van der Waals surface area contributed by atoms with Crippen molar-refractivity contribution in [3.05, 3.63) is 66.0 Å². The number of aromatic amines is 1. The molecule has 0 bridgehead atoms. The van der Waals surface area contributed by atoms with Gasteiger partial charge in [0, 0.05) is 30.0 Å². The number of nitrogens with one attached hydrogen (secondary N) is 1. The smallest absolute Gasteiger partial charge is 0.261 e. The lowest BCUT2D eigenvalue weighted by Gasteiger charge is -2.34. The zero-order valence-electron chi connectivity index (χ0n) is 18.9. The molecule has 0 radical (unpaired) electrons. The molecular weight excluding hydrogens is 450 g/mol. The number of amides is 2. The molecule has 8 nitrogen and oxygen atoms in total. The maximum atomic E-state index is 13.0. The highest BCUT2D eigenvalue weighted by Gasteiger charge is 2.31. The minimum atomic E-state index is -0.173. The third-order valence-electron chi connectivity index (χ3n) is 6.15. The normalized spacial score (nSPS) is 18.2. The number of piperidine rings is 1. The molecule has 3 heterocycles. The first-order valence-electron chi connectivity index (χ1n) is 11.6. The molecule has 2 amide bonds. The second-order valence-corrected chi connectivity index (χ2v) is 9.51. The molecule has 0 aliphatic carbocycles. The number of ether oxygens (including phenoxy) is 1. The van der Waals surface area contributed by atoms with E-state index in [-0.39, 0.29) is 24.5 Å². The van der Waals surface area contributed by atoms with E-state index in [1.165, 1.54) is 0 Å². The van der Waals surface area contributed by atoms with E-state index < -0.39 is 0 Å². The molecule has 0 unspecified atom stereocenters. The lowest BCUT2D eigenvalue weighted by molar-refractivity contribution is -0.137. The number of carbonyl (C=O) groups is 2. The molecule has 34 heavy (non-hydrogen) atoms. The summed E-state index contributed by atoms with van der Waals surface area (Å²) in [4.78, 5) is 34.2. The number of para-hydroxylation sites is 1. The number of carbonyl (C=O) groups excluding carboxylic acids is 2. The fraction of sp³-hybridized carbons (Fsp3) is 0.360. The lowest BCUT2D eigenvalue weighted by atomic mass is 10.0. The largest absolute Gasteiger partial charge is 0.484 e. The number of hydrogen-bond donors (Lipinski definition) is 1. The van der Waals surface area contributed by atoms with Crippen LogP contribution < -0.4 is 4.74 Å². The number of hydrogen-bond acceptors (Lipinski definition) is 6. The van der Waals surface area contributed by atoms with E-state index in [0.717, 1.165) is 43.0 Å². The number of benzene rings is 2. The van der Waals surface area contributed by atoms with Crippen LogP contribution in [0.2, 0.25) is 0 Å². The highest BCUT2D eigenvalue weighted by Crippen LogP contribution is 2.30. The van der Waals surface area contributed by atoms with Crippen LogP contribution in [0.4, 0.5) is 0 Å². The predicted molar refractivity (Wildman–Crippen MR) is 130 cm³/mol. The van der Waals surface area contributed by atoms with Gasteiger partial charge in [-0.05, 0) is 43.5 Å². The van der Waals surface area contributed by atoms with Crippen molar-refractivity contribution in [3.63, 3.8) is 0 Å². The molecule has 5 rings (SSSR count). The van der Waals surface area contributed by atoms with Crippen molar-refractivity contribution in [2.75, 3.05) is 31.3 Å². The Bertz CT molecular complexity index is 1150. The topological polar surface area (TPSA) is 91.4 Å². The first-order chi connectivity index (χ1) is 16.7. The molecule has 1 N–H and O–H groups in total. The van der Waals surface area contributed by atoms with Crippen LogP contribution in [0.5, 0.6) is 5.75 Å². The van der Waals surface area contributed by atoms with E-state index in [1.807, 2.05) is 64.4 Å². The highest BCUT2D eigenvalue weighted by atomic mass is 32.2. The average molecular weight is 478 g/mol. The molecule has 3 aromatic rings. The predicted octanol–water partition coefficient (Wildman–Crippen LogP) is 3.75. The first-order valence-corrected chi connectivity index (χ1v) is 12.7. The zero-order valence-corrected chi connectivity index (χ0v) is 19.7. The van der Waals surface area contributed by atoms with Crippen LogP contribution >= 0.6 is 11.8 Å². The van der Waals surface area contributed by atoms with E-state index in [4.69, 9.17) is 9.72 Å². The monoisotopic (exact) mass is 477 g/mol. The van der Waals surface area contributed by atoms with Crippen molar-refractivity contribution in [3.8, 4) is 17.1 Å². The van der Waals surface area contributed by atoms with Gasteiger partial charge in [-0.2, -0.15) is 5.10 Å². The van der Waals surface area contributed by atoms with Gasteiger partial charge < -0.3 is 14.5 Å². The van der Waals surface area contributed by atoms with Crippen molar-refractivity contribution >= 4 is 23.6 Å². The van der Waals surface area contributed by atoms with E-state index in [0.29, 0.717) is 29.5 Å². The molecule has 1 aromatic heterocycles. The number of nitrogens with zero attached hydrogens (tertiary/aromatic N) is 4. The Labute approximate surface area is 202 Å². The number of thioether (sulfide) groups is 1. The second-order valence-electron chi connectivity index (χ2n) is 8.43. The molecule has 2 aromatic carbocycles. The van der Waals surface area contributed by atoms with E-state index in [2.05, 4.69) is 10.2 Å². The molecule has 2 aliphatic heterocycles. The van der Waals surface area contributed by atoms with Crippen LogP contribution in [0.3, 0.4) is 0 Å². The van der Waals surface area contributed by atoms with E-state index in [9.17, 15) is 9.59 Å². The third-order valence-corrected chi connectivity index (χ3v) is 7.12. The Morgan fingerprint density at radius 1 is 1.09 bits per heavy atom. The van der Waals surface area contributed by atoms with Gasteiger partial charge >= 0.3 is 0 Å². The molecule has 1 atom stereocenters. The van der Waals surface area contributed by atoms with Crippen LogP contribution in [0.15, 0.2) is 54.6 Å². The molecular formula is C25H27N5O3S. The van der Waals surface area contributed by atoms with Crippen molar-refractivity contribution in [2.24, 2.45) is 0 Å². The number of H-pyrrole nitrogens is 1. The third kappa shape index (κ3) is 4.94. The summed E-state index contributed by atoms with van der Waals surface area (Å²) in [7, 11) is 0. The summed E-state index contributed by atoms with van der Waals surface area (Å²) in [5, 5.41) is 7.45. The van der Waals surface area contributed by atoms with Crippen LogP contribution in [0, 0.1) is 0 Å². The fourth-order valence-electron chi connectivity index (χ4n) is 4.36. The summed E-state index contributed by atoms with van der Waals surface area (Å²) in [5.74, 6) is 3.53. The highest BCUT2D eigenvalue weighted by molar-refractivity contribution is 7.99. The van der Waals surface area contributed by atoms with E-state index in [1.54, 1.807) is 11.8 Å². The van der Waals surface area contributed by atoms with Gasteiger partial charge in [-0.15, -0.1) is 11.8 Å². The van der Waals surface area contributed by atoms with Crippen LogP contribution in [0.1, 0.15) is 41.5 Å². The summed E-state index contributed by atoms with van der Waals surface area (Å²) >= 11 is 1.76. The van der Waals surface area contributed by atoms with Gasteiger partial charge in [0.25, 0.3) is 11.8 Å². The number of likely N-dealkylation sites (tertiary alicyclic amines) is 1. The quantitative estimate of drug-likeness (QED) is 0.581. The number of rotatable bonds is 6. The number of aromatic nitrogens is 3. The van der Waals surface area contributed by atoms with Gasteiger partial charge in [-0.1, -0.05) is 30.3 Å². The van der Waals surface area contributed by atoms with E-state index >= 15 is 0 Å². The second kappa shape index (κ2) is 10.3. The molecule has 0 saturated carbocycles. The molecule has 2 saturated heterocycles. The average Bonchev–Trinajstić information content (AvgIpc) is 3.61. The summed E-state index contributed by atoms with van der Waals surface area (Å²) in [6, 6.07) is 16.6. The van der Waals surface area contributed by atoms with Crippen molar-refractivity contribution in [1.29, 1.82) is 0 Å². The molecule has 2 aliphatic rings. The van der Waals surface area contributed by atoms with Gasteiger partial charge in [-0.3, -0.25) is 14.7 Å². The van der Waals surface area contributed by atoms with Gasteiger partial charge in [-0.25, -0.2) is 4.98 Å². The minimum absolute atomic E-state index is 0.0134. The SMILES string of the molecule is O=C(c1cccc(-c2n[nH]c([C@H]3CCCCN3C(=O)COc3ccccc3)n2)c1)N1CCSC1. The standard InChI is InChI=1S/C25H27N5O3S/c31-22(16-33-20-9-2-1-3-10-20)30-12-5-4-11-21(30)24-26-23(27-28-24)18-7-6-8-19(15-18)25(32)29-13-14-34-17-29/h1-3,6-10,15,21H,4-5,11-14,16-17H2,(H,26,27,28)/t21-/m1/s1. The summed E-state index contributed by atoms with van der Waals surface area (Å²) in [6.45, 7) is 1.42. The molecule has 9 heteroatoms. The van der Waals surface area contributed by atoms with Crippen LogP contribution in [-0.4, -0.2) is 68.1 Å². The minimum Gasteiger partial charge on any atom is -0.484 e. The van der Waals surface area contributed by atoms with Crippen LogP contribution in [0.25, 0.3) is 11.4 Å². The van der Waals surface area contributed by atoms with Crippen molar-refractivity contribution in [1.82, 2.24) is 25.0 Å². The van der Waals surface area contributed by atoms with Crippen molar-refractivity contribution in [2.45, 2.75) is 25.3 Å². The summed E-state index contributed by atoms with van der Waals surface area (Å²) < 4.78 is 5.68. The Balaban J connectivity index is 1.30. The Morgan fingerprint density at radius 3 is 2.79 bits per heavy atom. The molecule has 176 valence electrons. The van der Waals surface area contributed by atoms with Gasteiger partial charge in [0.2, 0.25) is 0 Å². The van der Waals surface area contributed by atoms with Crippen LogP contribution in [-0.2, 0) is 4.79 Å². The fourth-order valence-corrected chi connectivity index (χ4v) is 5.30. The van der Waals surface area contributed by atoms with Crippen molar-refractivity contribution < 1.29 is 14.3 Å². The molecule has 0 spiro atoms. The van der Waals surface area contributed by atoms with Gasteiger partial charge in [0.1, 0.15) is 11.6 Å². The maximum Gasteiger partial charge on any atom is 0.261 e. The first kappa shape index (κ1) is 22.5. The Hall–Kier alpha value is -3.33. The van der Waals surface area contributed by atoms with Gasteiger partial charge in [0.05, 0.1) is 11.9 Å².